The molecule has 0 fully saturated rings. The standard InChI is InChI=1S/C32H32FN5O3.2C2HF3O2/c1-5-19-14-24(28(33)26(15-19)41-6-2)29(37-21-10-11-22-20(16-21)12-13-35-30(22)34)31-36-17-25(38-31)27-18(3)8-7-9-23(27)32(39)40-4;2*3-2(4,5)1(6)7/h7-17,29,37H,5-6H2,1-4H3,(H2,34,35)(H,36,38);2*(H,6,7). The zero-order valence-electron chi connectivity index (χ0n) is 29.4. The SMILES string of the molecule is CCOc1cc(CC)cc(C(Nc2ccc3c(N)nccc3c2)c2nc(-c3c(C)cccc3C(=O)OC)c[nH]2)c1F.O=C(O)C(F)(F)F.O=C(O)C(F)(F)F. The van der Waals surface area contributed by atoms with E-state index in [1.807, 2.05) is 57.2 Å². The number of carboxylic acid groups (broad SMARTS) is 2. The summed E-state index contributed by atoms with van der Waals surface area (Å²) in [4.78, 5) is 42.6. The number of H-pyrrole nitrogens is 1. The molecular weight excluding hydrogens is 747 g/mol. The molecule has 6 N–H and O–H groups in total. The Labute approximate surface area is 308 Å². The van der Waals surface area contributed by atoms with Crippen molar-refractivity contribution in [3.8, 4) is 17.0 Å². The molecule has 2 heterocycles. The van der Waals surface area contributed by atoms with E-state index < -0.39 is 42.1 Å². The Morgan fingerprint density at radius 3 is 2.16 bits per heavy atom. The molecule has 0 radical (unpaired) electrons. The number of benzene rings is 3. The van der Waals surface area contributed by atoms with Crippen molar-refractivity contribution >= 4 is 40.2 Å². The number of rotatable bonds is 9. The minimum Gasteiger partial charge on any atom is -0.491 e. The predicted octanol–water partition coefficient (Wildman–Crippen LogP) is 7.87. The number of nitrogens with zero attached hydrogens (tertiary/aromatic N) is 2. The number of ether oxygens (including phenoxy) is 2. The lowest BCUT2D eigenvalue weighted by Gasteiger charge is -2.22. The van der Waals surface area contributed by atoms with Crippen LogP contribution < -0.4 is 15.8 Å². The summed E-state index contributed by atoms with van der Waals surface area (Å²) >= 11 is 0. The normalized spacial score (nSPS) is 11.7. The van der Waals surface area contributed by atoms with Crippen LogP contribution in [-0.2, 0) is 20.7 Å². The molecule has 0 saturated carbocycles. The largest absolute Gasteiger partial charge is 0.491 e. The Bertz CT molecular complexity index is 2130. The number of carbonyl (C=O) groups is 3. The summed E-state index contributed by atoms with van der Waals surface area (Å²) in [5, 5.41) is 19.4. The number of aliphatic carboxylic acids is 2. The van der Waals surface area contributed by atoms with E-state index in [2.05, 4.69) is 15.3 Å². The van der Waals surface area contributed by atoms with Crippen LogP contribution in [0, 0.1) is 12.7 Å². The van der Waals surface area contributed by atoms with Crippen molar-refractivity contribution < 1.29 is 64.8 Å². The molecule has 0 amide bonds. The molecule has 0 saturated heterocycles. The molecule has 0 aliphatic rings. The minimum absolute atomic E-state index is 0.185. The van der Waals surface area contributed by atoms with Crippen molar-refractivity contribution in [2.24, 2.45) is 0 Å². The van der Waals surface area contributed by atoms with E-state index in [0.29, 0.717) is 47.1 Å². The zero-order chi connectivity index (χ0) is 41.2. The first kappa shape index (κ1) is 43.0. The second-order valence-corrected chi connectivity index (χ2v) is 11.3. The summed E-state index contributed by atoms with van der Waals surface area (Å²) in [6.07, 6.45) is -6.11. The van der Waals surface area contributed by atoms with Crippen LogP contribution in [0.1, 0.15) is 52.8 Å². The number of nitrogen functional groups attached to an aromatic ring is 1. The highest BCUT2D eigenvalue weighted by Gasteiger charge is 2.39. The maximum Gasteiger partial charge on any atom is 0.490 e. The number of hydrogen-bond acceptors (Lipinski definition) is 9. The predicted molar refractivity (Wildman–Crippen MR) is 186 cm³/mol. The number of hydrogen-bond donors (Lipinski definition) is 5. The van der Waals surface area contributed by atoms with Crippen molar-refractivity contribution in [2.75, 3.05) is 24.8 Å². The Kier molecular flexibility index (Phi) is 14.1. The van der Waals surface area contributed by atoms with Crippen LogP contribution in [0.15, 0.2) is 67.0 Å². The van der Waals surface area contributed by atoms with Gasteiger partial charge in [-0.25, -0.2) is 28.7 Å². The van der Waals surface area contributed by atoms with Crippen molar-refractivity contribution in [1.82, 2.24) is 15.0 Å². The molecule has 0 aliphatic carbocycles. The highest BCUT2D eigenvalue weighted by Crippen LogP contribution is 2.36. The molecule has 3 aromatic carbocycles. The monoisotopic (exact) mass is 781 g/mol. The summed E-state index contributed by atoms with van der Waals surface area (Å²) < 4.78 is 90.2. The lowest BCUT2D eigenvalue weighted by Crippen LogP contribution is -2.21. The number of aryl methyl sites for hydroxylation is 2. The third-order valence-electron chi connectivity index (χ3n) is 7.54. The lowest BCUT2D eigenvalue weighted by atomic mass is 9.99. The lowest BCUT2D eigenvalue weighted by molar-refractivity contribution is -0.193. The van der Waals surface area contributed by atoms with Crippen LogP contribution in [0.25, 0.3) is 22.0 Å². The fourth-order valence-corrected chi connectivity index (χ4v) is 5.01. The second kappa shape index (κ2) is 18.1. The molecule has 5 aromatic rings. The topological polar surface area (TPSA) is 190 Å². The number of aromatic amines is 1. The van der Waals surface area contributed by atoms with Gasteiger partial charge in [0.15, 0.2) is 11.6 Å². The molecule has 1 atom stereocenters. The van der Waals surface area contributed by atoms with E-state index in [1.165, 1.54) is 7.11 Å². The van der Waals surface area contributed by atoms with Gasteiger partial charge in [0.2, 0.25) is 0 Å². The average molecular weight is 782 g/mol. The smallest absolute Gasteiger partial charge is 0.490 e. The van der Waals surface area contributed by atoms with Crippen molar-refractivity contribution in [2.45, 2.75) is 45.6 Å². The third kappa shape index (κ3) is 11.1. The molecule has 2 aromatic heterocycles. The van der Waals surface area contributed by atoms with Gasteiger partial charge in [-0.3, -0.25) is 0 Å². The first-order chi connectivity index (χ1) is 25.7. The minimum atomic E-state index is -5.08. The number of alkyl halides is 6. The molecule has 294 valence electrons. The van der Waals surface area contributed by atoms with Gasteiger partial charge in [0.05, 0.1) is 25.0 Å². The van der Waals surface area contributed by atoms with Crippen LogP contribution in [0.4, 0.5) is 42.2 Å². The van der Waals surface area contributed by atoms with Gasteiger partial charge in [0, 0.05) is 34.6 Å². The van der Waals surface area contributed by atoms with Gasteiger partial charge in [-0.05, 0) is 73.2 Å². The number of aromatic nitrogens is 3. The Morgan fingerprint density at radius 2 is 1.60 bits per heavy atom. The molecule has 0 spiro atoms. The number of nitrogens with two attached hydrogens (primary N) is 1. The fraction of sp³-hybridized carbons (Fsp3) is 0.250. The number of carbonyl (C=O) groups excluding carboxylic acids is 1. The van der Waals surface area contributed by atoms with Gasteiger partial charge in [-0.15, -0.1) is 0 Å². The number of fused-ring (bicyclic) bond motifs is 1. The molecular formula is C36H34F7N5O7. The molecule has 0 aliphatic heterocycles. The number of imidazole rings is 1. The van der Waals surface area contributed by atoms with E-state index in [4.69, 9.17) is 40.0 Å². The Morgan fingerprint density at radius 1 is 0.964 bits per heavy atom. The number of methoxy groups -OCH3 is 1. The van der Waals surface area contributed by atoms with E-state index in [0.717, 1.165) is 27.6 Å². The molecule has 1 unspecified atom stereocenters. The number of esters is 1. The molecule has 19 heteroatoms. The van der Waals surface area contributed by atoms with Gasteiger partial charge in [-0.2, -0.15) is 26.3 Å². The highest BCUT2D eigenvalue weighted by molar-refractivity contribution is 5.97. The summed E-state index contributed by atoms with van der Waals surface area (Å²) in [6.45, 7) is 6.06. The number of anilines is 2. The van der Waals surface area contributed by atoms with Crippen LogP contribution in [-0.4, -0.2) is 69.1 Å². The van der Waals surface area contributed by atoms with E-state index in [9.17, 15) is 31.1 Å². The first-order valence-electron chi connectivity index (χ1n) is 15.9. The summed E-state index contributed by atoms with van der Waals surface area (Å²) in [5.41, 5.74) is 10.5. The van der Waals surface area contributed by atoms with E-state index >= 15 is 4.39 Å². The van der Waals surface area contributed by atoms with Gasteiger partial charge in [0.1, 0.15) is 17.7 Å². The van der Waals surface area contributed by atoms with Crippen LogP contribution >= 0.6 is 0 Å². The zero-order valence-corrected chi connectivity index (χ0v) is 29.4. The van der Waals surface area contributed by atoms with Crippen LogP contribution in [0.5, 0.6) is 5.75 Å². The van der Waals surface area contributed by atoms with Gasteiger partial charge >= 0.3 is 30.3 Å². The van der Waals surface area contributed by atoms with Gasteiger partial charge < -0.3 is 35.7 Å². The van der Waals surface area contributed by atoms with Crippen molar-refractivity contribution in [3.05, 3.63) is 101 Å². The molecule has 5 rings (SSSR count). The summed E-state index contributed by atoms with van der Waals surface area (Å²) in [6, 6.07) is 15.8. The molecule has 55 heavy (non-hydrogen) atoms. The maximum absolute atomic E-state index is 16.0. The number of carboxylic acids is 2. The van der Waals surface area contributed by atoms with Crippen molar-refractivity contribution in [3.63, 3.8) is 0 Å². The number of pyridine rings is 1. The fourth-order valence-electron chi connectivity index (χ4n) is 5.01. The molecule has 12 nitrogen and oxygen atoms in total. The highest BCUT2D eigenvalue weighted by atomic mass is 19.4. The van der Waals surface area contributed by atoms with Crippen LogP contribution in [0.3, 0.4) is 0 Å². The first-order valence-corrected chi connectivity index (χ1v) is 15.9. The second-order valence-electron chi connectivity index (χ2n) is 11.3. The Balaban J connectivity index is 0.000000494. The quantitative estimate of drug-likeness (QED) is 0.0723. The average Bonchev–Trinajstić information content (AvgIpc) is 3.60. The summed E-state index contributed by atoms with van der Waals surface area (Å²) in [5.74, 6) is -5.37. The third-order valence-corrected chi connectivity index (χ3v) is 7.54. The number of nitrogens with one attached hydrogen (secondary N) is 2. The molecule has 0 bridgehead atoms. The van der Waals surface area contributed by atoms with Gasteiger partial charge in [0.25, 0.3) is 0 Å². The van der Waals surface area contributed by atoms with E-state index in [-0.39, 0.29) is 5.75 Å². The summed E-state index contributed by atoms with van der Waals surface area (Å²) in [7, 11) is 1.34. The number of halogens is 7. The Hall–Kier alpha value is -6.40. The maximum atomic E-state index is 16.0. The van der Waals surface area contributed by atoms with Crippen LogP contribution in [0.2, 0.25) is 0 Å². The van der Waals surface area contributed by atoms with Crippen molar-refractivity contribution in [1.29, 1.82) is 0 Å². The van der Waals surface area contributed by atoms with E-state index in [1.54, 1.807) is 30.6 Å². The van der Waals surface area contributed by atoms with Gasteiger partial charge in [-0.1, -0.05) is 25.1 Å².